The van der Waals surface area contributed by atoms with Crippen molar-refractivity contribution in [2.75, 3.05) is 32.1 Å². The fraction of sp³-hybridized carbons (Fsp3) is 0.545. The number of anilines is 1. The lowest BCUT2D eigenvalue weighted by Crippen LogP contribution is -2.45. The molecule has 0 amide bonds. The number of alkyl halides is 1. The van der Waals surface area contributed by atoms with Gasteiger partial charge in [0.25, 0.3) is 0 Å². The molecule has 3 aliphatic rings. The smallest absolute Gasteiger partial charge is 0.154 e. The molecule has 3 heterocycles. The predicted molar refractivity (Wildman–Crippen MR) is 109 cm³/mol. The monoisotopic (exact) mass is 398 g/mol. The number of piperidine rings is 1. The summed E-state index contributed by atoms with van der Waals surface area (Å²) < 4.78 is 20.0. The van der Waals surface area contributed by atoms with Gasteiger partial charge in [0.1, 0.15) is 17.6 Å². The molecule has 1 saturated carbocycles. The molecular formula is C22H27FN4O2. The van der Waals surface area contributed by atoms with Gasteiger partial charge in [0.2, 0.25) is 0 Å². The number of hydrogen-bond acceptors (Lipinski definition) is 6. The first-order chi connectivity index (χ1) is 13.9. The molecule has 1 aromatic carbocycles. The van der Waals surface area contributed by atoms with Crippen molar-refractivity contribution in [1.82, 2.24) is 15.1 Å². The predicted octanol–water partition coefficient (Wildman–Crippen LogP) is 3.17. The highest BCUT2D eigenvalue weighted by atomic mass is 19.1. The number of phenols is 1. The first kappa shape index (κ1) is 18.8. The largest absolute Gasteiger partial charge is 0.507 e. The molecule has 29 heavy (non-hydrogen) atoms. The number of hydrogen-bond donors (Lipinski definition) is 2. The fourth-order valence-electron chi connectivity index (χ4n) is 4.84. The first-order valence-electron chi connectivity index (χ1n) is 10.3. The van der Waals surface area contributed by atoms with E-state index in [0.717, 1.165) is 41.8 Å². The van der Waals surface area contributed by atoms with E-state index in [4.69, 9.17) is 4.74 Å². The number of phenolic OH excluding ortho intramolecular Hbond substituents is 1. The number of aromatic hydroxyl groups is 1. The van der Waals surface area contributed by atoms with Gasteiger partial charge in [-0.15, -0.1) is 10.2 Å². The Bertz CT molecular complexity index is 937. The summed E-state index contributed by atoms with van der Waals surface area (Å²) in [5, 5.41) is 23.0. The molecule has 0 unspecified atom stereocenters. The lowest BCUT2D eigenvalue weighted by molar-refractivity contribution is 0.0838. The molecule has 2 N–H and O–H groups in total. The molecule has 1 aliphatic carbocycles. The average molecular weight is 398 g/mol. The maximum Gasteiger partial charge on any atom is 0.154 e. The number of nitrogens with zero attached hydrogens (tertiary/aromatic N) is 3. The van der Waals surface area contributed by atoms with Crippen LogP contribution < -0.4 is 5.32 Å². The van der Waals surface area contributed by atoms with Gasteiger partial charge < -0.3 is 20.1 Å². The molecule has 1 aromatic heterocycles. The molecule has 1 spiro atoms. The molecule has 2 aromatic rings. The van der Waals surface area contributed by atoms with Crippen LogP contribution >= 0.6 is 0 Å². The second-order valence-corrected chi connectivity index (χ2v) is 8.94. The normalized spacial score (nSPS) is 25.6. The van der Waals surface area contributed by atoms with Gasteiger partial charge in [0.15, 0.2) is 5.82 Å². The van der Waals surface area contributed by atoms with Crippen LogP contribution in [0.15, 0.2) is 18.2 Å². The topological polar surface area (TPSA) is 70.5 Å². The van der Waals surface area contributed by atoms with Gasteiger partial charge in [-0.1, -0.05) is 6.07 Å². The Labute approximate surface area is 170 Å². The van der Waals surface area contributed by atoms with E-state index < -0.39 is 6.17 Å². The minimum Gasteiger partial charge on any atom is -0.507 e. The highest BCUT2D eigenvalue weighted by Gasteiger charge is 2.51. The maximum absolute atomic E-state index is 14.1. The summed E-state index contributed by atoms with van der Waals surface area (Å²) in [5.41, 5.74) is 4.55. The Morgan fingerprint density at radius 3 is 2.83 bits per heavy atom. The number of rotatable bonds is 3. The van der Waals surface area contributed by atoms with Crippen molar-refractivity contribution in [3.8, 4) is 17.0 Å². The number of likely N-dealkylation sites (N-methyl/N-ethyl adjacent to an activating group) is 1. The number of fused-ring (bicyclic) bond motifs is 2. The Morgan fingerprint density at radius 1 is 1.28 bits per heavy atom. The number of benzene rings is 1. The van der Waals surface area contributed by atoms with Crippen molar-refractivity contribution in [2.45, 2.75) is 50.4 Å². The van der Waals surface area contributed by atoms with Crippen LogP contribution in [0.4, 0.5) is 10.2 Å². The number of aryl methyl sites for hydroxylation is 1. The molecule has 2 fully saturated rings. The molecule has 7 heteroatoms. The minimum atomic E-state index is -0.843. The van der Waals surface area contributed by atoms with Gasteiger partial charge in [-0.3, -0.25) is 0 Å². The highest BCUT2D eigenvalue weighted by molar-refractivity contribution is 5.75. The zero-order valence-electron chi connectivity index (χ0n) is 16.9. The van der Waals surface area contributed by atoms with Crippen molar-refractivity contribution in [3.63, 3.8) is 0 Å². The van der Waals surface area contributed by atoms with Crippen LogP contribution in [0.3, 0.4) is 0 Å². The molecule has 2 atom stereocenters. The SMILES string of the molecule is Cc1ccc(-c2nnc(N[C@@H]3C[C@@H](F)CN(C)C3)c3c2C2(CC2)COC3)c(O)c1. The zero-order valence-corrected chi connectivity index (χ0v) is 16.9. The van der Waals surface area contributed by atoms with Crippen molar-refractivity contribution in [1.29, 1.82) is 0 Å². The van der Waals surface area contributed by atoms with E-state index in [2.05, 4.69) is 15.5 Å². The molecule has 6 nitrogen and oxygen atoms in total. The quantitative estimate of drug-likeness (QED) is 0.828. The summed E-state index contributed by atoms with van der Waals surface area (Å²) in [4.78, 5) is 2.00. The summed E-state index contributed by atoms with van der Waals surface area (Å²) in [6, 6.07) is 5.64. The minimum absolute atomic E-state index is 0.0159. The van der Waals surface area contributed by atoms with Crippen LogP contribution in [0.1, 0.15) is 36.0 Å². The molecular weight excluding hydrogens is 371 g/mol. The van der Waals surface area contributed by atoms with E-state index in [1.165, 1.54) is 0 Å². The highest BCUT2D eigenvalue weighted by Crippen LogP contribution is 2.55. The van der Waals surface area contributed by atoms with Crippen molar-refractivity contribution in [3.05, 3.63) is 34.9 Å². The van der Waals surface area contributed by atoms with Crippen LogP contribution in [0.5, 0.6) is 5.75 Å². The number of aromatic nitrogens is 2. The Morgan fingerprint density at radius 2 is 2.10 bits per heavy atom. The van der Waals surface area contributed by atoms with Gasteiger partial charge in [0, 0.05) is 42.1 Å². The summed E-state index contributed by atoms with van der Waals surface area (Å²) in [5.74, 6) is 0.910. The van der Waals surface area contributed by atoms with Gasteiger partial charge >= 0.3 is 0 Å². The van der Waals surface area contributed by atoms with Crippen LogP contribution in [-0.2, 0) is 16.8 Å². The standard InChI is InChI=1S/C22H27FN4O2/c1-13-3-4-16(18(28)7-13)20-19-17(11-29-12-22(19)5-6-22)21(26-25-20)24-15-8-14(23)9-27(2)10-15/h3-4,7,14-15,28H,5-6,8-12H2,1-2H3,(H,24,26)/t14-,15-/m1/s1. The van der Waals surface area contributed by atoms with Crippen LogP contribution in [0.2, 0.25) is 0 Å². The summed E-state index contributed by atoms with van der Waals surface area (Å²) in [6.45, 7) is 4.32. The van der Waals surface area contributed by atoms with E-state index in [-0.39, 0.29) is 17.2 Å². The number of ether oxygens (including phenoxy) is 1. The summed E-state index contributed by atoms with van der Waals surface area (Å²) in [7, 11) is 1.94. The number of nitrogens with one attached hydrogen (secondary N) is 1. The van der Waals surface area contributed by atoms with Crippen LogP contribution in [-0.4, -0.2) is 59.2 Å². The Hall–Kier alpha value is -2.25. The average Bonchev–Trinajstić information content (AvgIpc) is 3.42. The third kappa shape index (κ3) is 3.36. The van der Waals surface area contributed by atoms with Crippen LogP contribution in [0, 0.1) is 6.92 Å². The Balaban J connectivity index is 1.57. The van der Waals surface area contributed by atoms with Gasteiger partial charge in [-0.05, 0) is 50.1 Å². The van der Waals surface area contributed by atoms with Gasteiger partial charge in [-0.25, -0.2) is 4.39 Å². The van der Waals surface area contributed by atoms with Crippen molar-refractivity contribution in [2.24, 2.45) is 0 Å². The number of halogens is 1. The lowest BCUT2D eigenvalue weighted by Gasteiger charge is -2.34. The number of likely N-dealkylation sites (tertiary alicyclic amines) is 1. The van der Waals surface area contributed by atoms with E-state index in [1.807, 2.05) is 31.0 Å². The van der Waals surface area contributed by atoms with E-state index in [1.54, 1.807) is 6.07 Å². The fourth-order valence-corrected chi connectivity index (χ4v) is 4.84. The Kier molecular flexibility index (Phi) is 4.47. The van der Waals surface area contributed by atoms with Crippen molar-refractivity contribution >= 4 is 5.82 Å². The molecule has 1 saturated heterocycles. The second kappa shape index (κ2) is 6.92. The third-order valence-electron chi connectivity index (χ3n) is 6.41. The first-order valence-corrected chi connectivity index (χ1v) is 10.3. The molecule has 0 radical (unpaired) electrons. The van der Waals surface area contributed by atoms with E-state index >= 15 is 0 Å². The van der Waals surface area contributed by atoms with E-state index in [9.17, 15) is 9.50 Å². The van der Waals surface area contributed by atoms with Gasteiger partial charge in [-0.2, -0.15) is 0 Å². The van der Waals surface area contributed by atoms with Crippen molar-refractivity contribution < 1.29 is 14.2 Å². The molecule has 154 valence electrons. The summed E-state index contributed by atoms with van der Waals surface area (Å²) in [6.07, 6.45) is 1.71. The summed E-state index contributed by atoms with van der Waals surface area (Å²) >= 11 is 0. The van der Waals surface area contributed by atoms with Crippen LogP contribution in [0.25, 0.3) is 11.3 Å². The lowest BCUT2D eigenvalue weighted by atomic mass is 9.86. The second-order valence-electron chi connectivity index (χ2n) is 8.94. The third-order valence-corrected chi connectivity index (χ3v) is 6.41. The van der Waals surface area contributed by atoms with Gasteiger partial charge in [0.05, 0.1) is 13.2 Å². The zero-order chi connectivity index (χ0) is 20.2. The molecule has 2 aliphatic heterocycles. The molecule has 5 rings (SSSR count). The van der Waals surface area contributed by atoms with E-state index in [0.29, 0.717) is 37.6 Å². The maximum atomic E-state index is 14.1. The molecule has 0 bridgehead atoms.